The van der Waals surface area contributed by atoms with Gasteiger partial charge in [-0.25, -0.2) is 0 Å². The third-order valence-corrected chi connectivity index (χ3v) is 3.20. The van der Waals surface area contributed by atoms with Gasteiger partial charge in [-0.1, -0.05) is 6.07 Å². The van der Waals surface area contributed by atoms with Crippen LogP contribution < -0.4 is 14.8 Å². The summed E-state index contributed by atoms with van der Waals surface area (Å²) in [6.07, 6.45) is 1.89. The minimum Gasteiger partial charge on any atom is -0.493 e. The minimum atomic E-state index is -0.214. The molecule has 0 spiro atoms. The second-order valence-corrected chi connectivity index (χ2v) is 4.64. The SMILES string of the molecule is COc1cccc(C(=O)NCc2cn(C)nc2C)c1OC. The zero-order valence-electron chi connectivity index (χ0n) is 12.6. The number of carbonyl (C=O) groups excluding carboxylic acids is 1. The lowest BCUT2D eigenvalue weighted by atomic mass is 10.1. The Morgan fingerprint density at radius 3 is 2.67 bits per heavy atom. The summed E-state index contributed by atoms with van der Waals surface area (Å²) >= 11 is 0. The van der Waals surface area contributed by atoms with Gasteiger partial charge in [0, 0.05) is 25.4 Å². The molecular formula is C15H19N3O3. The van der Waals surface area contributed by atoms with E-state index in [-0.39, 0.29) is 5.91 Å². The molecule has 0 aliphatic heterocycles. The molecule has 2 aromatic rings. The Bertz CT molecular complexity index is 650. The van der Waals surface area contributed by atoms with E-state index in [0.717, 1.165) is 11.3 Å². The zero-order chi connectivity index (χ0) is 15.4. The van der Waals surface area contributed by atoms with E-state index >= 15 is 0 Å². The van der Waals surface area contributed by atoms with Crippen molar-refractivity contribution in [2.24, 2.45) is 7.05 Å². The van der Waals surface area contributed by atoms with Crippen LogP contribution in [0.2, 0.25) is 0 Å². The van der Waals surface area contributed by atoms with Gasteiger partial charge in [0.2, 0.25) is 0 Å². The number of aromatic nitrogens is 2. The average molecular weight is 289 g/mol. The molecule has 0 fully saturated rings. The number of hydrogen-bond acceptors (Lipinski definition) is 4. The molecule has 1 aromatic carbocycles. The molecule has 0 radical (unpaired) electrons. The van der Waals surface area contributed by atoms with Crippen molar-refractivity contribution < 1.29 is 14.3 Å². The molecule has 0 aliphatic carbocycles. The average Bonchev–Trinajstić information content (AvgIpc) is 2.81. The van der Waals surface area contributed by atoms with Crippen LogP contribution in [0.15, 0.2) is 24.4 Å². The van der Waals surface area contributed by atoms with Gasteiger partial charge in [0.25, 0.3) is 5.91 Å². The molecule has 0 saturated heterocycles. The molecule has 0 bridgehead atoms. The van der Waals surface area contributed by atoms with Crippen LogP contribution in [0.4, 0.5) is 0 Å². The highest BCUT2D eigenvalue weighted by molar-refractivity contribution is 5.97. The summed E-state index contributed by atoms with van der Waals surface area (Å²) in [4.78, 5) is 12.3. The van der Waals surface area contributed by atoms with Gasteiger partial charge < -0.3 is 14.8 Å². The number of nitrogens with one attached hydrogen (secondary N) is 1. The number of para-hydroxylation sites is 1. The molecule has 0 aliphatic rings. The summed E-state index contributed by atoms with van der Waals surface area (Å²) < 4.78 is 12.2. The maximum Gasteiger partial charge on any atom is 0.255 e. The van der Waals surface area contributed by atoms with Crippen LogP contribution in [0.3, 0.4) is 0 Å². The summed E-state index contributed by atoms with van der Waals surface area (Å²) in [7, 11) is 4.90. The standard InChI is InChI=1S/C15H19N3O3/c1-10-11(9-18(2)17-10)8-16-15(19)12-6-5-7-13(20-3)14(12)21-4/h5-7,9H,8H2,1-4H3,(H,16,19). The highest BCUT2D eigenvalue weighted by Gasteiger charge is 2.16. The monoisotopic (exact) mass is 289 g/mol. The van der Waals surface area contributed by atoms with Crippen molar-refractivity contribution in [2.75, 3.05) is 14.2 Å². The molecule has 1 heterocycles. The number of benzene rings is 1. The molecular weight excluding hydrogens is 270 g/mol. The summed E-state index contributed by atoms with van der Waals surface area (Å²) in [6, 6.07) is 5.21. The normalized spacial score (nSPS) is 10.3. The van der Waals surface area contributed by atoms with Gasteiger partial charge >= 0.3 is 0 Å². The highest BCUT2D eigenvalue weighted by Crippen LogP contribution is 2.30. The van der Waals surface area contributed by atoms with E-state index in [4.69, 9.17) is 9.47 Å². The summed E-state index contributed by atoms with van der Waals surface area (Å²) in [5, 5.41) is 7.11. The van der Waals surface area contributed by atoms with Crippen LogP contribution in [0, 0.1) is 6.92 Å². The molecule has 6 nitrogen and oxygen atoms in total. The van der Waals surface area contributed by atoms with Crippen LogP contribution in [0.1, 0.15) is 21.6 Å². The highest BCUT2D eigenvalue weighted by atomic mass is 16.5. The van der Waals surface area contributed by atoms with E-state index in [0.29, 0.717) is 23.6 Å². The zero-order valence-corrected chi connectivity index (χ0v) is 12.6. The largest absolute Gasteiger partial charge is 0.493 e. The number of amides is 1. The van der Waals surface area contributed by atoms with E-state index in [9.17, 15) is 4.79 Å². The second-order valence-electron chi connectivity index (χ2n) is 4.64. The first-order chi connectivity index (χ1) is 10.1. The van der Waals surface area contributed by atoms with Gasteiger partial charge in [0.1, 0.15) is 0 Å². The molecule has 21 heavy (non-hydrogen) atoms. The number of aryl methyl sites for hydroxylation is 2. The van der Waals surface area contributed by atoms with E-state index in [1.807, 2.05) is 20.2 Å². The first-order valence-corrected chi connectivity index (χ1v) is 6.55. The fourth-order valence-corrected chi connectivity index (χ4v) is 2.16. The molecule has 1 aromatic heterocycles. The first kappa shape index (κ1) is 14.9. The number of rotatable bonds is 5. The summed E-state index contributed by atoms with van der Waals surface area (Å²) in [6.45, 7) is 2.33. The van der Waals surface area contributed by atoms with Gasteiger partial charge in [-0.2, -0.15) is 5.10 Å². The van der Waals surface area contributed by atoms with Crippen LogP contribution in [-0.2, 0) is 13.6 Å². The molecule has 1 amide bonds. The third kappa shape index (κ3) is 3.16. The van der Waals surface area contributed by atoms with Gasteiger partial charge in [-0.15, -0.1) is 0 Å². The van der Waals surface area contributed by atoms with E-state index in [2.05, 4.69) is 10.4 Å². The fourth-order valence-electron chi connectivity index (χ4n) is 2.16. The van der Waals surface area contributed by atoms with Crippen molar-refractivity contribution in [2.45, 2.75) is 13.5 Å². The van der Waals surface area contributed by atoms with Gasteiger partial charge in [0.05, 0.1) is 25.5 Å². The van der Waals surface area contributed by atoms with Crippen molar-refractivity contribution in [1.82, 2.24) is 15.1 Å². The maximum absolute atomic E-state index is 12.3. The molecule has 6 heteroatoms. The first-order valence-electron chi connectivity index (χ1n) is 6.55. The van der Waals surface area contributed by atoms with Crippen molar-refractivity contribution in [3.63, 3.8) is 0 Å². The van der Waals surface area contributed by atoms with Crippen LogP contribution in [0.5, 0.6) is 11.5 Å². The van der Waals surface area contributed by atoms with E-state index in [1.165, 1.54) is 7.11 Å². The van der Waals surface area contributed by atoms with Gasteiger partial charge in [-0.3, -0.25) is 9.48 Å². The summed E-state index contributed by atoms with van der Waals surface area (Å²) in [5.41, 5.74) is 2.32. The van der Waals surface area contributed by atoms with Gasteiger partial charge in [-0.05, 0) is 19.1 Å². The van der Waals surface area contributed by atoms with Crippen molar-refractivity contribution in [1.29, 1.82) is 0 Å². The lowest BCUT2D eigenvalue weighted by Crippen LogP contribution is -2.23. The Balaban J connectivity index is 2.15. The predicted molar refractivity (Wildman–Crippen MR) is 78.7 cm³/mol. The molecule has 112 valence electrons. The number of methoxy groups -OCH3 is 2. The topological polar surface area (TPSA) is 65.4 Å². The molecule has 0 unspecified atom stereocenters. The lowest BCUT2D eigenvalue weighted by molar-refractivity contribution is 0.0947. The summed E-state index contributed by atoms with van der Waals surface area (Å²) in [5.74, 6) is 0.747. The Morgan fingerprint density at radius 2 is 2.10 bits per heavy atom. The second kappa shape index (κ2) is 6.30. The predicted octanol–water partition coefficient (Wildman–Crippen LogP) is 1.68. The number of hydrogen-bond donors (Lipinski definition) is 1. The van der Waals surface area contributed by atoms with Crippen LogP contribution in [-0.4, -0.2) is 29.9 Å². The number of ether oxygens (including phenoxy) is 2. The Kier molecular flexibility index (Phi) is 4.47. The minimum absolute atomic E-state index is 0.214. The molecule has 1 N–H and O–H groups in total. The van der Waals surface area contributed by atoms with E-state index < -0.39 is 0 Å². The van der Waals surface area contributed by atoms with Gasteiger partial charge in [0.15, 0.2) is 11.5 Å². The fraction of sp³-hybridized carbons (Fsp3) is 0.333. The van der Waals surface area contributed by atoms with Crippen molar-refractivity contribution in [3.8, 4) is 11.5 Å². The van der Waals surface area contributed by atoms with E-state index in [1.54, 1.807) is 30.0 Å². The Labute approximate surface area is 123 Å². The van der Waals surface area contributed by atoms with Crippen LogP contribution >= 0.6 is 0 Å². The van der Waals surface area contributed by atoms with Crippen LogP contribution in [0.25, 0.3) is 0 Å². The molecule has 2 rings (SSSR count). The number of carbonyl (C=O) groups is 1. The Morgan fingerprint density at radius 1 is 1.33 bits per heavy atom. The lowest BCUT2D eigenvalue weighted by Gasteiger charge is -2.12. The molecule has 0 atom stereocenters. The Hall–Kier alpha value is -2.50. The molecule has 0 saturated carbocycles. The number of nitrogens with zero attached hydrogens (tertiary/aromatic N) is 2. The van der Waals surface area contributed by atoms with Crippen molar-refractivity contribution >= 4 is 5.91 Å². The van der Waals surface area contributed by atoms with Crippen molar-refractivity contribution in [3.05, 3.63) is 41.2 Å². The smallest absolute Gasteiger partial charge is 0.255 e. The third-order valence-electron chi connectivity index (χ3n) is 3.20. The quantitative estimate of drug-likeness (QED) is 0.909. The maximum atomic E-state index is 12.3.